The summed E-state index contributed by atoms with van der Waals surface area (Å²) in [6.07, 6.45) is 2.79. The van der Waals surface area contributed by atoms with Crippen LogP contribution in [0.4, 0.5) is 0 Å². The second-order valence-corrected chi connectivity index (χ2v) is 4.36. The van der Waals surface area contributed by atoms with Crippen LogP contribution < -0.4 is 5.32 Å². The Morgan fingerprint density at radius 3 is 2.77 bits per heavy atom. The zero-order valence-corrected chi connectivity index (χ0v) is 8.62. The first-order chi connectivity index (χ1) is 6.31. The number of likely N-dealkylation sites (N-methyl/N-ethyl adjacent to an activating group) is 1. The third kappa shape index (κ3) is 2.22. The summed E-state index contributed by atoms with van der Waals surface area (Å²) >= 11 is 0. The number of hydrogen-bond donors (Lipinski definition) is 1. The number of ether oxygens (including phenoxy) is 1. The standard InChI is InChI=1S/C10H20N2O/c1-11-10-7-13-6-8(10)5-12(2)9-3-4-9/h8-11H,3-7H2,1-2H3. The summed E-state index contributed by atoms with van der Waals surface area (Å²) in [5.74, 6) is 0.690. The van der Waals surface area contributed by atoms with Gasteiger partial charge in [0.2, 0.25) is 0 Å². The van der Waals surface area contributed by atoms with Crippen molar-refractivity contribution in [2.24, 2.45) is 5.92 Å². The smallest absolute Gasteiger partial charge is 0.0623 e. The molecule has 1 N–H and O–H groups in total. The lowest BCUT2D eigenvalue weighted by molar-refractivity contribution is 0.172. The molecular formula is C10H20N2O. The molecule has 13 heavy (non-hydrogen) atoms. The average Bonchev–Trinajstić information content (AvgIpc) is 2.88. The van der Waals surface area contributed by atoms with Gasteiger partial charge in [-0.05, 0) is 26.9 Å². The quantitative estimate of drug-likeness (QED) is 0.681. The van der Waals surface area contributed by atoms with Crippen molar-refractivity contribution in [1.82, 2.24) is 10.2 Å². The highest BCUT2D eigenvalue weighted by atomic mass is 16.5. The van der Waals surface area contributed by atoms with E-state index in [9.17, 15) is 0 Å². The van der Waals surface area contributed by atoms with Crippen LogP contribution in [0.1, 0.15) is 12.8 Å². The van der Waals surface area contributed by atoms with E-state index in [1.807, 2.05) is 7.05 Å². The molecule has 0 spiro atoms. The number of nitrogens with one attached hydrogen (secondary N) is 1. The van der Waals surface area contributed by atoms with Gasteiger partial charge in [0.05, 0.1) is 13.2 Å². The second kappa shape index (κ2) is 3.95. The first-order valence-electron chi connectivity index (χ1n) is 5.26. The molecule has 3 nitrogen and oxygen atoms in total. The molecule has 2 atom stereocenters. The monoisotopic (exact) mass is 184 g/mol. The summed E-state index contributed by atoms with van der Waals surface area (Å²) in [5, 5.41) is 3.33. The second-order valence-electron chi connectivity index (χ2n) is 4.36. The summed E-state index contributed by atoms with van der Waals surface area (Å²) in [5.41, 5.74) is 0. The highest BCUT2D eigenvalue weighted by Gasteiger charge is 2.32. The van der Waals surface area contributed by atoms with Crippen LogP contribution in [0.2, 0.25) is 0 Å². The van der Waals surface area contributed by atoms with Gasteiger partial charge in [-0.15, -0.1) is 0 Å². The van der Waals surface area contributed by atoms with E-state index in [1.165, 1.54) is 19.4 Å². The predicted octanol–water partition coefficient (Wildman–Crippen LogP) is 0.315. The largest absolute Gasteiger partial charge is 0.379 e. The van der Waals surface area contributed by atoms with E-state index in [-0.39, 0.29) is 0 Å². The maximum Gasteiger partial charge on any atom is 0.0623 e. The molecule has 2 fully saturated rings. The summed E-state index contributed by atoms with van der Waals surface area (Å²) in [7, 11) is 4.27. The zero-order chi connectivity index (χ0) is 9.26. The van der Waals surface area contributed by atoms with Gasteiger partial charge in [0, 0.05) is 24.5 Å². The molecule has 1 heterocycles. The minimum atomic E-state index is 0.571. The van der Waals surface area contributed by atoms with Gasteiger partial charge in [0.1, 0.15) is 0 Å². The average molecular weight is 184 g/mol. The molecule has 0 aromatic carbocycles. The van der Waals surface area contributed by atoms with Crippen molar-refractivity contribution in [2.45, 2.75) is 24.9 Å². The fourth-order valence-corrected chi connectivity index (χ4v) is 2.13. The summed E-state index contributed by atoms with van der Waals surface area (Å²) in [6, 6.07) is 1.44. The van der Waals surface area contributed by atoms with Gasteiger partial charge in [-0.25, -0.2) is 0 Å². The van der Waals surface area contributed by atoms with Gasteiger partial charge in [0.15, 0.2) is 0 Å². The Morgan fingerprint density at radius 1 is 1.38 bits per heavy atom. The van der Waals surface area contributed by atoms with E-state index in [1.54, 1.807) is 0 Å². The molecule has 1 saturated heterocycles. The third-order valence-electron chi connectivity index (χ3n) is 3.26. The van der Waals surface area contributed by atoms with E-state index in [2.05, 4.69) is 17.3 Å². The van der Waals surface area contributed by atoms with Gasteiger partial charge in [-0.2, -0.15) is 0 Å². The lowest BCUT2D eigenvalue weighted by Gasteiger charge is -2.23. The van der Waals surface area contributed by atoms with E-state index in [4.69, 9.17) is 4.74 Å². The van der Waals surface area contributed by atoms with E-state index < -0.39 is 0 Å². The Labute approximate surface area is 80.4 Å². The summed E-state index contributed by atoms with van der Waals surface area (Å²) in [4.78, 5) is 2.49. The van der Waals surface area contributed by atoms with Crippen molar-refractivity contribution in [3.05, 3.63) is 0 Å². The summed E-state index contributed by atoms with van der Waals surface area (Å²) in [6.45, 7) is 3.01. The van der Waals surface area contributed by atoms with Crippen molar-refractivity contribution in [1.29, 1.82) is 0 Å². The lowest BCUT2D eigenvalue weighted by Crippen LogP contribution is -2.39. The molecule has 0 amide bonds. The van der Waals surface area contributed by atoms with E-state index in [0.717, 1.165) is 19.3 Å². The molecule has 0 aromatic rings. The SMILES string of the molecule is CNC1COCC1CN(C)C1CC1. The highest BCUT2D eigenvalue weighted by molar-refractivity contribution is 4.87. The van der Waals surface area contributed by atoms with Crippen LogP contribution in [-0.2, 0) is 4.74 Å². The van der Waals surface area contributed by atoms with Crippen LogP contribution in [0.25, 0.3) is 0 Å². The molecule has 0 radical (unpaired) electrons. The van der Waals surface area contributed by atoms with E-state index in [0.29, 0.717) is 12.0 Å². The van der Waals surface area contributed by atoms with Gasteiger partial charge in [-0.1, -0.05) is 0 Å². The van der Waals surface area contributed by atoms with Crippen LogP contribution in [0.15, 0.2) is 0 Å². The van der Waals surface area contributed by atoms with E-state index >= 15 is 0 Å². The fourth-order valence-electron chi connectivity index (χ4n) is 2.13. The maximum atomic E-state index is 5.47. The molecule has 0 bridgehead atoms. The van der Waals surface area contributed by atoms with Crippen LogP contribution >= 0.6 is 0 Å². The lowest BCUT2D eigenvalue weighted by atomic mass is 10.0. The molecule has 2 rings (SSSR count). The molecule has 76 valence electrons. The Morgan fingerprint density at radius 2 is 2.15 bits per heavy atom. The highest BCUT2D eigenvalue weighted by Crippen LogP contribution is 2.27. The zero-order valence-electron chi connectivity index (χ0n) is 8.62. The first kappa shape index (κ1) is 9.44. The Balaban J connectivity index is 1.78. The Hall–Kier alpha value is -0.120. The van der Waals surface area contributed by atoms with Gasteiger partial charge >= 0.3 is 0 Å². The third-order valence-corrected chi connectivity index (χ3v) is 3.26. The molecule has 2 unspecified atom stereocenters. The maximum absolute atomic E-state index is 5.47. The topological polar surface area (TPSA) is 24.5 Å². The number of hydrogen-bond acceptors (Lipinski definition) is 3. The molecule has 2 aliphatic rings. The molecule has 1 aliphatic carbocycles. The minimum Gasteiger partial charge on any atom is -0.379 e. The van der Waals surface area contributed by atoms with Crippen molar-refractivity contribution < 1.29 is 4.74 Å². The fraction of sp³-hybridized carbons (Fsp3) is 1.00. The van der Waals surface area contributed by atoms with Gasteiger partial charge in [0.25, 0.3) is 0 Å². The van der Waals surface area contributed by atoms with Crippen molar-refractivity contribution in [3.8, 4) is 0 Å². The number of rotatable bonds is 4. The van der Waals surface area contributed by atoms with Gasteiger partial charge < -0.3 is 15.0 Å². The Kier molecular flexibility index (Phi) is 2.86. The summed E-state index contributed by atoms with van der Waals surface area (Å²) < 4.78 is 5.47. The van der Waals surface area contributed by atoms with Crippen LogP contribution in [-0.4, -0.2) is 50.8 Å². The van der Waals surface area contributed by atoms with Gasteiger partial charge in [-0.3, -0.25) is 0 Å². The van der Waals surface area contributed by atoms with Crippen LogP contribution in [0.3, 0.4) is 0 Å². The normalized spacial score (nSPS) is 34.4. The van der Waals surface area contributed by atoms with Crippen molar-refractivity contribution in [3.63, 3.8) is 0 Å². The van der Waals surface area contributed by atoms with Crippen LogP contribution in [0.5, 0.6) is 0 Å². The minimum absolute atomic E-state index is 0.571. The van der Waals surface area contributed by atoms with Crippen LogP contribution in [0, 0.1) is 5.92 Å². The van der Waals surface area contributed by atoms with Crippen molar-refractivity contribution in [2.75, 3.05) is 33.9 Å². The molecule has 0 aromatic heterocycles. The first-order valence-corrected chi connectivity index (χ1v) is 5.26. The molecular weight excluding hydrogens is 164 g/mol. The molecule has 1 saturated carbocycles. The molecule has 1 aliphatic heterocycles. The molecule has 3 heteroatoms. The Bertz CT molecular complexity index is 170. The van der Waals surface area contributed by atoms with Crippen molar-refractivity contribution >= 4 is 0 Å². The predicted molar refractivity (Wildman–Crippen MR) is 52.8 cm³/mol. The number of nitrogens with zero attached hydrogens (tertiary/aromatic N) is 1.